The summed E-state index contributed by atoms with van der Waals surface area (Å²) in [5.74, 6) is -5.93. The van der Waals surface area contributed by atoms with E-state index in [-0.39, 0.29) is 144 Å². The maximum atomic E-state index is 12.2. The van der Waals surface area contributed by atoms with Crippen LogP contribution in [-0.2, 0) is 134 Å². The van der Waals surface area contributed by atoms with Crippen molar-refractivity contribution in [2.24, 2.45) is 5.73 Å². The minimum Gasteiger partial charge on any atom is -0.481 e. The van der Waals surface area contributed by atoms with Crippen LogP contribution in [0.15, 0.2) is 0 Å². The lowest BCUT2D eigenvalue weighted by molar-refractivity contribution is -0.232. The average molecular weight is 1980 g/mol. The quantitative estimate of drug-likeness (QED) is 0.0268. The third-order valence-electron chi connectivity index (χ3n) is 21.4. The fraction of sp³-hybridized carbons (Fsp3) is 0.812. The number of likely N-dealkylation sites (N-methyl/N-ethyl adjacent to an activating group) is 3. The maximum absolute atomic E-state index is 12.2. The zero-order valence-electron chi connectivity index (χ0n) is 77.0. The third-order valence-corrected chi connectivity index (χ3v) is 25.9. The molecule has 9 saturated heterocycles. The van der Waals surface area contributed by atoms with E-state index in [1.807, 2.05) is 70.8 Å². The number of nitrogens with one attached hydrogen (secondary N) is 3. The van der Waals surface area contributed by atoms with E-state index in [2.05, 4.69) is 20.8 Å². The molecule has 0 aromatic carbocycles. The van der Waals surface area contributed by atoms with Crippen molar-refractivity contribution in [3.63, 3.8) is 0 Å². The van der Waals surface area contributed by atoms with Crippen molar-refractivity contribution >= 4 is 130 Å². The number of unbranched alkanes of at least 4 members (excludes halogenated alkanes) is 3. The molecule has 43 nitrogen and oxygen atoms in total. The number of carboxylic acids is 2. The number of nitrogens with two attached hydrogens (primary N) is 1. The Balaban J connectivity index is 0.000000311. The van der Waals surface area contributed by atoms with E-state index in [0.29, 0.717) is 227 Å². The number of rotatable bonds is 67. The highest BCUT2D eigenvalue weighted by atomic mass is 32.2. The van der Waals surface area contributed by atoms with Crippen molar-refractivity contribution in [1.29, 1.82) is 0 Å². The van der Waals surface area contributed by atoms with E-state index < -0.39 is 71.5 Å². The number of carbonyl (C=O) groups excluding carboxylic acids is 14. The SMILES string of the molecule is CCN1C(=O)N[C@H]2CS[C@@H](CCCCC(=O)CCCOCCOCCOCCOCCC(=O)O)[C@H]21.CCN1C(=O)N[C@H]2CS[C@@H](CCCCC(=O)CCCOCCOCCOCCOCCC(=O)ON3C(=O)CCC3=O)[C@H]21.CCN1C(=O)N[C@H]2CS[C@@H](CCCCC(=O)ON3C(=O)CCC3=O)[C@H]21.NCCOCCOCCOCCOCCC(=O)O.O=C1CCC(=O)N1OC(=O)C(F)(F)F. The van der Waals surface area contributed by atoms with Gasteiger partial charge in [-0.05, 0) is 72.1 Å². The van der Waals surface area contributed by atoms with Gasteiger partial charge in [-0.3, -0.25) is 47.9 Å². The summed E-state index contributed by atoms with van der Waals surface area (Å²) in [5, 5.41) is 28.3. The number of alkyl halides is 3. The van der Waals surface area contributed by atoms with Crippen LogP contribution in [0.2, 0.25) is 0 Å². The molecule has 0 aromatic rings. The molecule has 134 heavy (non-hydrogen) atoms. The number of carboxylic acid groups (broad SMARTS) is 2. The Hall–Kier alpha value is -7.76. The Morgan fingerprint density at radius 1 is 0.336 bits per heavy atom. The van der Waals surface area contributed by atoms with Crippen LogP contribution >= 0.6 is 35.3 Å². The molecular formula is C85H137F3N10O33S3. The number of urea groups is 3. The van der Waals surface area contributed by atoms with Gasteiger partial charge in [0.25, 0.3) is 35.4 Å². The molecule has 9 rings (SSSR count). The minimum atomic E-state index is -5.22. The summed E-state index contributed by atoms with van der Waals surface area (Å²) in [5.41, 5.74) is 5.25. The van der Waals surface area contributed by atoms with Gasteiger partial charge in [0, 0.05) is 143 Å². The second-order valence-electron chi connectivity index (χ2n) is 31.4. The molecular weight excluding hydrogens is 1840 g/mol. The largest absolute Gasteiger partial charge is 0.493 e. The number of hydrogen-bond donors (Lipinski definition) is 6. The maximum Gasteiger partial charge on any atom is 0.493 e. The molecule has 9 aliphatic rings. The summed E-state index contributed by atoms with van der Waals surface area (Å²) in [6.07, 6.45) is 6.79. The number of halogens is 3. The van der Waals surface area contributed by atoms with E-state index in [1.165, 1.54) is 0 Å². The third kappa shape index (κ3) is 46.1. The van der Waals surface area contributed by atoms with Crippen molar-refractivity contribution in [2.45, 2.75) is 239 Å². The highest BCUT2D eigenvalue weighted by Gasteiger charge is 2.51. The van der Waals surface area contributed by atoms with Crippen molar-refractivity contribution in [1.82, 2.24) is 45.8 Å². The van der Waals surface area contributed by atoms with Crippen molar-refractivity contribution in [3.8, 4) is 0 Å². The minimum absolute atomic E-state index is 0.00104. The van der Waals surface area contributed by atoms with Crippen LogP contribution in [0.4, 0.5) is 27.6 Å². The molecule has 49 heteroatoms. The highest BCUT2D eigenvalue weighted by molar-refractivity contribution is 8.00. The van der Waals surface area contributed by atoms with Gasteiger partial charge in [0.05, 0.1) is 201 Å². The predicted octanol–water partition coefficient (Wildman–Crippen LogP) is 4.89. The normalized spacial score (nSPS) is 21.0. The molecule has 0 aromatic heterocycles. The molecule has 7 N–H and O–H groups in total. The first kappa shape index (κ1) is 117. The van der Waals surface area contributed by atoms with Gasteiger partial charge in [-0.2, -0.15) is 48.5 Å². The van der Waals surface area contributed by atoms with Crippen molar-refractivity contribution in [2.75, 3.05) is 202 Å². The van der Waals surface area contributed by atoms with Crippen LogP contribution in [0, 0.1) is 0 Å². The molecule has 9 aliphatic heterocycles. The number of carbonyl (C=O) groups is 16. The van der Waals surface area contributed by atoms with E-state index in [0.717, 1.165) is 88.1 Å². The van der Waals surface area contributed by atoms with Crippen LogP contribution < -0.4 is 21.7 Å². The Kier molecular flexibility index (Phi) is 59.5. The van der Waals surface area contributed by atoms with Crippen LogP contribution in [-0.4, -0.2) is 395 Å². The summed E-state index contributed by atoms with van der Waals surface area (Å²) in [4.78, 5) is 200. The molecule has 764 valence electrons. The van der Waals surface area contributed by atoms with Gasteiger partial charge in [-0.1, -0.05) is 19.3 Å². The second kappa shape index (κ2) is 68.3. The summed E-state index contributed by atoms with van der Waals surface area (Å²) in [6.45, 7) is 18.7. The molecule has 0 spiro atoms. The number of aliphatic carboxylic acids is 2. The molecule has 12 amide bonds. The second-order valence-corrected chi connectivity index (χ2v) is 35.2. The lowest BCUT2D eigenvalue weighted by Gasteiger charge is -2.26. The number of ether oxygens (including phenoxy) is 12. The molecule has 0 saturated carbocycles. The van der Waals surface area contributed by atoms with E-state index in [4.69, 9.17) is 82.5 Å². The van der Waals surface area contributed by atoms with Crippen molar-refractivity contribution < 1.29 is 171 Å². The number of nitrogens with zero attached hydrogens (tertiary/aromatic N) is 6. The average Bonchev–Trinajstić information content (AvgIpc) is 1.64. The number of fused-ring (bicyclic) bond motifs is 3. The summed E-state index contributed by atoms with van der Waals surface area (Å²) >= 11 is 5.76. The number of thioether (sulfide) groups is 3. The Morgan fingerprint density at radius 2 is 0.582 bits per heavy atom. The fourth-order valence-corrected chi connectivity index (χ4v) is 19.6. The first-order chi connectivity index (χ1) is 64.5. The van der Waals surface area contributed by atoms with Gasteiger partial charge in [0.1, 0.15) is 11.6 Å². The van der Waals surface area contributed by atoms with Crippen LogP contribution in [0.3, 0.4) is 0 Å². The summed E-state index contributed by atoms with van der Waals surface area (Å²) in [6, 6.07) is 1.74. The lowest BCUT2D eigenvalue weighted by Crippen LogP contribution is -2.40. The fourth-order valence-electron chi connectivity index (χ4n) is 14.8. The van der Waals surface area contributed by atoms with Crippen LogP contribution in [0.25, 0.3) is 0 Å². The van der Waals surface area contributed by atoms with Gasteiger partial charge in [0.15, 0.2) is 0 Å². The highest BCUT2D eigenvalue weighted by Crippen LogP contribution is 2.40. The first-order valence-corrected chi connectivity index (χ1v) is 49.1. The zero-order valence-corrected chi connectivity index (χ0v) is 79.4. The molecule has 0 bridgehead atoms. The standard InChI is InChI=1S/C28H45N3O10S.C24H42N2O8S.C16H23N3O5S.C11H23NO6.C6H4F3NO4/c1-2-30-27-22(29-28(30)36)20-42-23(27)8-4-3-6-21(32)7-5-12-37-14-16-39-18-19-40-17-15-38-13-11-26(35)41-31-24(33)9-10-25(31)34;1-2-26-23-20(25-24(26)30)18-35-21(23)8-4-3-6-19(27)7-5-10-31-12-14-33-16-17-34-15-13-32-11-9-22(28)29;1-2-18-15-10(17-16(18)23)9-25-11(15)5-3-4-6-14(22)24-19-12(20)7-8-13(19)21;12-2-4-16-6-8-18-10-9-17-7-5-15-3-1-11(13)14;7-6(8,9)5(13)14-10-3(11)1-2-4(10)12/h22-23,27H,2-20H2,1H3,(H,29,36);20-21,23H,2-18H2,1H3,(H,25,30)(H,28,29);10-11,15H,2-9H2,1H3,(H,17,23);1-10,12H2,(H,13,14);1-2H2/t22-,23-,27-;20-,21-,23-;10-,11-,15-;;/m000../s1. The van der Waals surface area contributed by atoms with E-state index in [1.54, 1.807) is 0 Å². The van der Waals surface area contributed by atoms with Gasteiger partial charge >= 0.3 is 54.1 Å². The molecule has 0 aliphatic carbocycles. The number of hydroxylamine groups is 6. The summed E-state index contributed by atoms with van der Waals surface area (Å²) in [7, 11) is 0. The molecule has 0 unspecified atom stereocenters. The topological polar surface area (TPSA) is 534 Å². The monoisotopic (exact) mass is 1980 g/mol. The van der Waals surface area contributed by atoms with Gasteiger partial charge < -0.3 is 118 Å². The van der Waals surface area contributed by atoms with Crippen LogP contribution in [0.5, 0.6) is 0 Å². The zero-order chi connectivity index (χ0) is 97.8. The van der Waals surface area contributed by atoms with Gasteiger partial charge in [0.2, 0.25) is 0 Å². The van der Waals surface area contributed by atoms with Crippen molar-refractivity contribution in [3.05, 3.63) is 0 Å². The Labute approximate surface area is 791 Å². The number of hydrogen-bond acceptors (Lipinski definition) is 35. The lowest BCUT2D eigenvalue weighted by atomic mass is 10.0. The van der Waals surface area contributed by atoms with E-state index >= 15 is 0 Å². The Bertz CT molecular complexity index is 3570. The Morgan fingerprint density at radius 3 is 0.858 bits per heavy atom. The number of Topliss-reactive ketones (excluding diaryl/α,β-unsaturated/α-hetero) is 2. The van der Waals surface area contributed by atoms with E-state index in [9.17, 15) is 89.9 Å². The number of imide groups is 3. The molecule has 9 heterocycles. The predicted molar refractivity (Wildman–Crippen MR) is 474 cm³/mol. The molecule has 0 radical (unpaired) electrons. The number of amides is 12. The van der Waals surface area contributed by atoms with Gasteiger partial charge in [-0.15, -0.1) is 15.2 Å². The van der Waals surface area contributed by atoms with Gasteiger partial charge in [-0.25, -0.2) is 28.8 Å². The number of ketones is 2. The molecule has 9 fully saturated rings. The summed E-state index contributed by atoms with van der Waals surface area (Å²) < 4.78 is 98.5. The molecule has 9 atom stereocenters. The smallest absolute Gasteiger partial charge is 0.481 e. The first-order valence-electron chi connectivity index (χ1n) is 46.0. The van der Waals surface area contributed by atoms with Crippen LogP contribution in [0.1, 0.15) is 181 Å².